The molecule has 0 spiro atoms. The molecule has 0 aromatic rings. The molecule has 0 aliphatic heterocycles. The topological polar surface area (TPSA) is 69.6 Å². The van der Waals surface area contributed by atoms with Gasteiger partial charge in [-0.05, 0) is 32.6 Å². The van der Waals surface area contributed by atoms with Crippen LogP contribution in [-0.4, -0.2) is 46.6 Å². The molecule has 1 aliphatic carbocycles. The van der Waals surface area contributed by atoms with Gasteiger partial charge in [0.25, 0.3) is 0 Å². The molecule has 0 saturated heterocycles. The van der Waals surface area contributed by atoms with Crippen molar-refractivity contribution in [3.63, 3.8) is 0 Å². The third kappa shape index (κ3) is 5.30. The van der Waals surface area contributed by atoms with Crippen molar-refractivity contribution in [1.82, 2.24) is 10.2 Å². The summed E-state index contributed by atoms with van der Waals surface area (Å²) in [7, 11) is 0. The number of carbonyl (C=O) groups excluding carboxylic acids is 1. The lowest BCUT2D eigenvalue weighted by molar-refractivity contribution is -0.141. The zero-order chi connectivity index (χ0) is 16.0. The number of hydrogen-bond donors (Lipinski definition) is 2. The minimum absolute atomic E-state index is 0.0174. The molecule has 1 amide bonds. The summed E-state index contributed by atoms with van der Waals surface area (Å²) in [4.78, 5) is 25.6. The number of nitrogens with zero attached hydrogens (tertiary/aromatic N) is 1. The van der Waals surface area contributed by atoms with Crippen molar-refractivity contribution in [3.8, 4) is 0 Å². The molecule has 1 fully saturated rings. The molecular weight excluding hydrogens is 268 g/mol. The highest BCUT2D eigenvalue weighted by Gasteiger charge is 2.29. The largest absolute Gasteiger partial charge is 0.480 e. The molecule has 5 nitrogen and oxygen atoms in total. The average Bonchev–Trinajstić information content (AvgIpc) is 2.39. The smallest absolute Gasteiger partial charge is 0.320 e. The fraction of sp³-hybridized carbons (Fsp3) is 0.875. The van der Waals surface area contributed by atoms with Gasteiger partial charge in [-0.25, -0.2) is 0 Å². The molecule has 21 heavy (non-hydrogen) atoms. The lowest BCUT2D eigenvalue weighted by Crippen LogP contribution is -2.52. The van der Waals surface area contributed by atoms with Crippen molar-refractivity contribution in [2.45, 2.75) is 77.9 Å². The highest BCUT2D eigenvalue weighted by molar-refractivity contribution is 5.80. The van der Waals surface area contributed by atoms with E-state index in [4.69, 9.17) is 5.11 Å². The number of nitrogens with one attached hydrogen (secondary N) is 1. The van der Waals surface area contributed by atoms with E-state index >= 15 is 0 Å². The number of carboxylic acids is 1. The Morgan fingerprint density at radius 3 is 2.14 bits per heavy atom. The van der Waals surface area contributed by atoms with E-state index in [1.165, 1.54) is 19.3 Å². The molecule has 1 saturated carbocycles. The summed E-state index contributed by atoms with van der Waals surface area (Å²) < 4.78 is 0. The first-order valence-corrected chi connectivity index (χ1v) is 8.12. The highest BCUT2D eigenvalue weighted by atomic mass is 16.4. The number of carboxylic acid groups (broad SMARTS) is 1. The molecule has 1 atom stereocenters. The van der Waals surface area contributed by atoms with Gasteiger partial charge in [-0.2, -0.15) is 0 Å². The third-order valence-electron chi connectivity index (χ3n) is 4.22. The summed E-state index contributed by atoms with van der Waals surface area (Å²) in [5, 5.41) is 12.1. The Bertz CT molecular complexity index is 349. The normalized spacial score (nSPS) is 18.0. The number of aliphatic carboxylic acids is 1. The van der Waals surface area contributed by atoms with Gasteiger partial charge in [-0.15, -0.1) is 0 Å². The maximum atomic E-state index is 12.5. The fourth-order valence-electron chi connectivity index (χ4n) is 3.17. The minimum atomic E-state index is -0.897. The number of carbonyl (C=O) groups is 2. The van der Waals surface area contributed by atoms with Crippen LogP contribution >= 0.6 is 0 Å². The van der Waals surface area contributed by atoms with Gasteiger partial charge in [0.1, 0.15) is 6.04 Å². The van der Waals surface area contributed by atoms with Gasteiger partial charge in [0.05, 0.1) is 6.54 Å². The van der Waals surface area contributed by atoms with Crippen LogP contribution in [0.15, 0.2) is 0 Å². The number of rotatable bonds is 7. The molecular formula is C16H30N2O3. The van der Waals surface area contributed by atoms with Crippen molar-refractivity contribution in [3.05, 3.63) is 0 Å². The SMILES string of the molecule is CC(C)C(NCC(=O)N(C(C)C)C1CCCCC1)C(=O)O. The Morgan fingerprint density at radius 1 is 1.14 bits per heavy atom. The molecule has 1 aliphatic rings. The molecule has 2 N–H and O–H groups in total. The zero-order valence-corrected chi connectivity index (χ0v) is 13.8. The second-order valence-corrected chi connectivity index (χ2v) is 6.63. The summed E-state index contributed by atoms with van der Waals surface area (Å²) >= 11 is 0. The molecule has 1 rings (SSSR count). The van der Waals surface area contributed by atoms with Crippen molar-refractivity contribution in [1.29, 1.82) is 0 Å². The summed E-state index contributed by atoms with van der Waals surface area (Å²) in [5.74, 6) is -0.923. The lowest BCUT2D eigenvalue weighted by Gasteiger charge is -2.37. The van der Waals surface area contributed by atoms with Gasteiger partial charge in [-0.1, -0.05) is 33.1 Å². The van der Waals surface area contributed by atoms with E-state index in [1.807, 2.05) is 32.6 Å². The van der Waals surface area contributed by atoms with Crippen LogP contribution in [0.4, 0.5) is 0 Å². The van der Waals surface area contributed by atoms with E-state index in [9.17, 15) is 9.59 Å². The van der Waals surface area contributed by atoms with Gasteiger partial charge in [0.2, 0.25) is 5.91 Å². The van der Waals surface area contributed by atoms with Gasteiger partial charge in [0.15, 0.2) is 0 Å². The van der Waals surface area contributed by atoms with Crippen LogP contribution in [0.2, 0.25) is 0 Å². The van der Waals surface area contributed by atoms with Crippen LogP contribution in [0.3, 0.4) is 0 Å². The van der Waals surface area contributed by atoms with Crippen LogP contribution in [0, 0.1) is 5.92 Å². The van der Waals surface area contributed by atoms with Crippen LogP contribution < -0.4 is 5.32 Å². The Kier molecular flexibility index (Phi) is 7.15. The van der Waals surface area contributed by atoms with Crippen LogP contribution in [0.1, 0.15) is 59.8 Å². The summed E-state index contributed by atoms with van der Waals surface area (Å²) in [6, 6.07) is -0.200. The fourth-order valence-corrected chi connectivity index (χ4v) is 3.17. The van der Waals surface area contributed by atoms with E-state index in [0.29, 0.717) is 6.04 Å². The Labute approximate surface area is 128 Å². The molecule has 1 unspecified atom stereocenters. The highest BCUT2D eigenvalue weighted by Crippen LogP contribution is 2.24. The van der Waals surface area contributed by atoms with E-state index in [0.717, 1.165) is 12.8 Å². The second kappa shape index (κ2) is 8.37. The molecule has 122 valence electrons. The molecule has 0 radical (unpaired) electrons. The molecule has 0 bridgehead atoms. The van der Waals surface area contributed by atoms with Crippen LogP contribution in [0.25, 0.3) is 0 Å². The predicted octanol–water partition coefficient (Wildman–Crippen LogP) is 2.25. The lowest BCUT2D eigenvalue weighted by atomic mass is 9.93. The van der Waals surface area contributed by atoms with Crippen molar-refractivity contribution in [2.75, 3.05) is 6.54 Å². The Balaban J connectivity index is 2.62. The first-order valence-electron chi connectivity index (χ1n) is 8.12. The summed E-state index contributed by atoms with van der Waals surface area (Å²) in [6.07, 6.45) is 5.74. The van der Waals surface area contributed by atoms with Crippen molar-refractivity contribution >= 4 is 11.9 Å². The van der Waals surface area contributed by atoms with E-state index in [1.54, 1.807) is 0 Å². The standard InChI is InChI=1S/C16H30N2O3/c1-11(2)15(16(20)21)17-10-14(19)18(12(3)4)13-8-6-5-7-9-13/h11-13,15,17H,5-10H2,1-4H3,(H,20,21). The zero-order valence-electron chi connectivity index (χ0n) is 13.8. The summed E-state index contributed by atoms with van der Waals surface area (Å²) in [5.41, 5.74) is 0. The van der Waals surface area contributed by atoms with Crippen LogP contribution in [-0.2, 0) is 9.59 Å². The van der Waals surface area contributed by atoms with Gasteiger partial charge in [-0.3, -0.25) is 14.9 Å². The molecule has 0 aromatic carbocycles. The third-order valence-corrected chi connectivity index (χ3v) is 4.22. The molecule has 5 heteroatoms. The first-order chi connectivity index (χ1) is 9.84. The monoisotopic (exact) mass is 298 g/mol. The number of hydrogen-bond acceptors (Lipinski definition) is 3. The Hall–Kier alpha value is -1.10. The molecule has 0 aromatic heterocycles. The second-order valence-electron chi connectivity index (χ2n) is 6.63. The van der Waals surface area contributed by atoms with E-state index < -0.39 is 12.0 Å². The maximum absolute atomic E-state index is 12.5. The van der Waals surface area contributed by atoms with Crippen LogP contribution in [0.5, 0.6) is 0 Å². The maximum Gasteiger partial charge on any atom is 0.320 e. The first kappa shape index (κ1) is 18.0. The quantitative estimate of drug-likeness (QED) is 0.756. The van der Waals surface area contributed by atoms with E-state index in [-0.39, 0.29) is 24.4 Å². The van der Waals surface area contributed by atoms with Gasteiger partial charge >= 0.3 is 5.97 Å². The average molecular weight is 298 g/mol. The minimum Gasteiger partial charge on any atom is -0.480 e. The predicted molar refractivity (Wildman–Crippen MR) is 83.1 cm³/mol. The number of amides is 1. The van der Waals surface area contributed by atoms with E-state index in [2.05, 4.69) is 5.32 Å². The van der Waals surface area contributed by atoms with Gasteiger partial charge < -0.3 is 10.0 Å². The molecule has 0 heterocycles. The van der Waals surface area contributed by atoms with Crippen molar-refractivity contribution < 1.29 is 14.7 Å². The summed E-state index contributed by atoms with van der Waals surface area (Å²) in [6.45, 7) is 7.85. The Morgan fingerprint density at radius 2 is 1.71 bits per heavy atom. The van der Waals surface area contributed by atoms with Crippen molar-refractivity contribution in [2.24, 2.45) is 5.92 Å². The van der Waals surface area contributed by atoms with Gasteiger partial charge in [0, 0.05) is 12.1 Å².